The van der Waals surface area contributed by atoms with E-state index in [9.17, 15) is 13.2 Å². The van der Waals surface area contributed by atoms with Gasteiger partial charge in [-0.05, 0) is 24.7 Å². The van der Waals surface area contributed by atoms with Crippen LogP contribution in [0, 0.1) is 0 Å². The van der Waals surface area contributed by atoms with E-state index in [0.717, 1.165) is 19.2 Å². The molecule has 1 heterocycles. The van der Waals surface area contributed by atoms with Crippen molar-refractivity contribution in [2.75, 3.05) is 38.1 Å². The molecule has 2 rings (SSSR count). The predicted octanol–water partition coefficient (Wildman–Crippen LogP) is 3.20. The molecule has 0 atom stereocenters. The van der Waals surface area contributed by atoms with Crippen LogP contribution in [0.2, 0.25) is 0 Å². The minimum absolute atomic E-state index is 0.0894. The molecule has 0 spiro atoms. The Labute approximate surface area is 115 Å². The molecular weight excluding hydrogens is 277 g/mol. The number of hydrogen-bond acceptors (Lipinski definition) is 2. The molecule has 0 radical (unpaired) electrons. The summed E-state index contributed by atoms with van der Waals surface area (Å²) in [6.45, 7) is 2.77. The van der Waals surface area contributed by atoms with Crippen LogP contribution < -0.4 is 4.90 Å². The number of benzene rings is 1. The van der Waals surface area contributed by atoms with Crippen molar-refractivity contribution in [3.05, 3.63) is 29.3 Å². The Morgan fingerprint density at radius 1 is 1.16 bits per heavy atom. The summed E-state index contributed by atoms with van der Waals surface area (Å²) >= 11 is 5.62. The molecule has 6 heteroatoms. The Morgan fingerprint density at radius 2 is 1.79 bits per heavy atom. The van der Waals surface area contributed by atoms with E-state index < -0.39 is 11.7 Å². The molecule has 0 amide bonds. The summed E-state index contributed by atoms with van der Waals surface area (Å²) in [4.78, 5) is 3.90. The minimum Gasteiger partial charge on any atom is -0.368 e. The summed E-state index contributed by atoms with van der Waals surface area (Å²) in [5.41, 5.74) is 0.163. The van der Waals surface area contributed by atoms with E-state index in [1.54, 1.807) is 11.0 Å². The van der Waals surface area contributed by atoms with Gasteiger partial charge in [0.1, 0.15) is 0 Å². The molecule has 0 aromatic heterocycles. The second-order valence-corrected chi connectivity index (χ2v) is 5.04. The van der Waals surface area contributed by atoms with Gasteiger partial charge in [0, 0.05) is 37.7 Å². The summed E-state index contributed by atoms with van der Waals surface area (Å²) in [7, 11) is 1.97. The van der Waals surface area contributed by atoms with Crippen molar-refractivity contribution in [3.8, 4) is 0 Å². The second kappa shape index (κ2) is 5.59. The first kappa shape index (κ1) is 14.5. The highest BCUT2D eigenvalue weighted by atomic mass is 35.5. The van der Waals surface area contributed by atoms with E-state index in [0.29, 0.717) is 18.7 Å². The van der Waals surface area contributed by atoms with Crippen molar-refractivity contribution in [2.45, 2.75) is 12.1 Å². The van der Waals surface area contributed by atoms with Crippen LogP contribution in [0.15, 0.2) is 18.2 Å². The molecule has 106 valence electrons. The Morgan fingerprint density at radius 3 is 2.32 bits per heavy atom. The van der Waals surface area contributed by atoms with Crippen molar-refractivity contribution < 1.29 is 13.2 Å². The first-order valence-corrected chi connectivity index (χ1v) is 6.65. The molecule has 19 heavy (non-hydrogen) atoms. The zero-order chi connectivity index (χ0) is 14.0. The molecule has 0 bridgehead atoms. The summed E-state index contributed by atoms with van der Waals surface area (Å²) in [6, 6.07) is 4.35. The van der Waals surface area contributed by atoms with Crippen LogP contribution in [0.3, 0.4) is 0 Å². The van der Waals surface area contributed by atoms with Crippen LogP contribution in [0.1, 0.15) is 11.1 Å². The van der Waals surface area contributed by atoms with E-state index in [1.807, 2.05) is 7.05 Å². The number of anilines is 1. The highest BCUT2D eigenvalue weighted by Gasteiger charge is 2.35. The van der Waals surface area contributed by atoms with E-state index in [1.165, 1.54) is 6.07 Å². The molecule has 0 saturated carbocycles. The van der Waals surface area contributed by atoms with Crippen LogP contribution in [-0.4, -0.2) is 38.1 Å². The fraction of sp³-hybridized carbons (Fsp3) is 0.538. The zero-order valence-electron chi connectivity index (χ0n) is 10.7. The maximum Gasteiger partial charge on any atom is 0.418 e. The third-order valence-corrected chi connectivity index (χ3v) is 3.67. The van der Waals surface area contributed by atoms with Crippen molar-refractivity contribution in [1.29, 1.82) is 0 Å². The highest BCUT2D eigenvalue weighted by Crippen LogP contribution is 2.37. The molecule has 1 aromatic rings. The Bertz CT molecular complexity index is 440. The van der Waals surface area contributed by atoms with Crippen LogP contribution in [0.5, 0.6) is 0 Å². The lowest BCUT2D eigenvalue weighted by molar-refractivity contribution is -0.137. The number of likely N-dealkylation sites (N-methyl/N-ethyl adjacent to an activating group) is 1. The first-order chi connectivity index (χ1) is 8.91. The fourth-order valence-electron chi connectivity index (χ4n) is 2.22. The van der Waals surface area contributed by atoms with Gasteiger partial charge in [-0.15, -0.1) is 11.6 Å². The quantitative estimate of drug-likeness (QED) is 0.773. The molecule has 0 aliphatic carbocycles. The van der Waals surface area contributed by atoms with Gasteiger partial charge in [-0.25, -0.2) is 0 Å². The molecule has 0 N–H and O–H groups in total. The van der Waals surface area contributed by atoms with E-state index in [2.05, 4.69) is 4.90 Å². The van der Waals surface area contributed by atoms with Gasteiger partial charge in [-0.1, -0.05) is 6.07 Å². The molecular formula is C13H16ClF3N2. The molecule has 1 fully saturated rings. The van der Waals surface area contributed by atoms with Gasteiger partial charge in [0.2, 0.25) is 0 Å². The molecule has 1 aliphatic heterocycles. The van der Waals surface area contributed by atoms with Gasteiger partial charge < -0.3 is 9.80 Å². The normalized spacial score (nSPS) is 17.8. The summed E-state index contributed by atoms with van der Waals surface area (Å²) in [5, 5.41) is 0. The monoisotopic (exact) mass is 292 g/mol. The SMILES string of the molecule is CN1CCN(c2ccc(CCl)cc2C(F)(F)F)CC1. The summed E-state index contributed by atoms with van der Waals surface area (Å²) < 4.78 is 39.3. The number of alkyl halides is 4. The number of hydrogen-bond donors (Lipinski definition) is 0. The topological polar surface area (TPSA) is 6.48 Å². The largest absolute Gasteiger partial charge is 0.418 e. The lowest BCUT2D eigenvalue weighted by Gasteiger charge is -2.35. The predicted molar refractivity (Wildman–Crippen MR) is 70.7 cm³/mol. The zero-order valence-corrected chi connectivity index (χ0v) is 11.4. The number of rotatable bonds is 2. The molecule has 1 aliphatic rings. The summed E-state index contributed by atoms with van der Waals surface area (Å²) in [6.07, 6.45) is -4.35. The van der Waals surface area contributed by atoms with Gasteiger partial charge in [0.05, 0.1) is 5.56 Å². The van der Waals surface area contributed by atoms with E-state index in [4.69, 9.17) is 11.6 Å². The third-order valence-electron chi connectivity index (χ3n) is 3.36. The molecule has 0 unspecified atom stereocenters. The third kappa shape index (κ3) is 3.34. The van der Waals surface area contributed by atoms with Crippen LogP contribution >= 0.6 is 11.6 Å². The number of nitrogens with zero attached hydrogens (tertiary/aromatic N) is 2. The maximum atomic E-state index is 13.1. The fourth-order valence-corrected chi connectivity index (χ4v) is 2.38. The number of piperazine rings is 1. The van der Waals surface area contributed by atoms with Crippen molar-refractivity contribution >= 4 is 17.3 Å². The average Bonchev–Trinajstić information content (AvgIpc) is 2.38. The second-order valence-electron chi connectivity index (χ2n) is 4.77. The van der Waals surface area contributed by atoms with Gasteiger partial charge in [0.25, 0.3) is 0 Å². The minimum atomic E-state index is -4.35. The maximum absolute atomic E-state index is 13.1. The van der Waals surface area contributed by atoms with Gasteiger partial charge >= 0.3 is 6.18 Å². The van der Waals surface area contributed by atoms with Gasteiger partial charge in [-0.2, -0.15) is 13.2 Å². The first-order valence-electron chi connectivity index (χ1n) is 6.11. The number of halogens is 4. The highest BCUT2D eigenvalue weighted by molar-refractivity contribution is 6.17. The van der Waals surface area contributed by atoms with E-state index in [-0.39, 0.29) is 11.6 Å². The Kier molecular flexibility index (Phi) is 4.26. The lowest BCUT2D eigenvalue weighted by Crippen LogP contribution is -2.45. The van der Waals surface area contributed by atoms with Crippen molar-refractivity contribution in [3.63, 3.8) is 0 Å². The van der Waals surface area contributed by atoms with Crippen LogP contribution in [0.25, 0.3) is 0 Å². The van der Waals surface area contributed by atoms with Crippen molar-refractivity contribution in [1.82, 2.24) is 4.90 Å². The smallest absolute Gasteiger partial charge is 0.368 e. The van der Waals surface area contributed by atoms with Gasteiger partial charge in [0.15, 0.2) is 0 Å². The van der Waals surface area contributed by atoms with Crippen LogP contribution in [-0.2, 0) is 12.1 Å². The van der Waals surface area contributed by atoms with Crippen LogP contribution in [0.4, 0.5) is 18.9 Å². The lowest BCUT2D eigenvalue weighted by atomic mass is 10.1. The standard InChI is InChI=1S/C13H16ClF3N2/c1-18-4-6-19(7-5-18)12-3-2-10(9-14)8-11(12)13(15,16)17/h2-3,8H,4-7,9H2,1H3. The Hall–Kier alpha value is -0.940. The summed E-state index contributed by atoms with van der Waals surface area (Å²) in [5.74, 6) is 0.0894. The van der Waals surface area contributed by atoms with Crippen molar-refractivity contribution in [2.24, 2.45) is 0 Å². The average molecular weight is 293 g/mol. The molecule has 1 aromatic carbocycles. The van der Waals surface area contributed by atoms with E-state index >= 15 is 0 Å². The Balaban J connectivity index is 2.34. The molecule has 1 saturated heterocycles. The van der Waals surface area contributed by atoms with Gasteiger partial charge in [-0.3, -0.25) is 0 Å². The molecule has 2 nitrogen and oxygen atoms in total.